The van der Waals surface area contributed by atoms with Crippen molar-refractivity contribution in [2.75, 3.05) is 5.01 Å². The van der Waals surface area contributed by atoms with Crippen molar-refractivity contribution in [3.05, 3.63) is 101 Å². The Morgan fingerprint density at radius 3 is 2.37 bits per heavy atom. The van der Waals surface area contributed by atoms with Gasteiger partial charge in [-0.15, -0.1) is 0 Å². The number of amidine groups is 1. The molecule has 4 rings (SSSR count). The Morgan fingerprint density at radius 2 is 1.74 bits per heavy atom. The summed E-state index contributed by atoms with van der Waals surface area (Å²) >= 11 is 0. The number of anilines is 1. The molecule has 2 aromatic carbocycles. The average molecular weight is 472 g/mol. The van der Waals surface area contributed by atoms with Crippen LogP contribution in [0.2, 0.25) is 0 Å². The van der Waals surface area contributed by atoms with E-state index >= 15 is 0 Å². The number of carbonyl (C=O) groups excluding carboxylic acids is 2. The number of hydrogen-bond acceptors (Lipinski definition) is 7. The number of nitrogens with one attached hydrogen (secondary N) is 2. The lowest BCUT2D eigenvalue weighted by Crippen LogP contribution is -2.39. The van der Waals surface area contributed by atoms with Crippen molar-refractivity contribution < 1.29 is 19.5 Å². The van der Waals surface area contributed by atoms with Gasteiger partial charge in [0.1, 0.15) is 11.7 Å². The Bertz CT molecular complexity index is 1290. The molecule has 0 spiro atoms. The predicted molar refractivity (Wildman–Crippen MR) is 131 cm³/mol. The van der Waals surface area contributed by atoms with Crippen molar-refractivity contribution in [1.82, 2.24) is 5.43 Å². The first-order valence-corrected chi connectivity index (χ1v) is 11.0. The topological polar surface area (TPSA) is 163 Å². The third-order valence-corrected chi connectivity index (χ3v) is 5.91. The number of rotatable bonds is 7. The molecule has 0 amide bonds. The maximum absolute atomic E-state index is 13.4. The molecule has 178 valence electrons. The second-order valence-corrected chi connectivity index (χ2v) is 8.33. The number of nitrogens with zero attached hydrogens (tertiary/aromatic N) is 1. The van der Waals surface area contributed by atoms with E-state index in [0.717, 1.165) is 0 Å². The van der Waals surface area contributed by atoms with Gasteiger partial charge >= 0.3 is 5.97 Å². The molecule has 1 heterocycles. The fourth-order valence-corrected chi connectivity index (χ4v) is 4.23. The van der Waals surface area contributed by atoms with Crippen molar-refractivity contribution in [2.24, 2.45) is 17.4 Å². The highest BCUT2D eigenvalue weighted by Gasteiger charge is 2.34. The van der Waals surface area contributed by atoms with Gasteiger partial charge in [-0.1, -0.05) is 42.5 Å². The highest BCUT2D eigenvalue weighted by Crippen LogP contribution is 2.36. The van der Waals surface area contributed by atoms with Gasteiger partial charge in [0.05, 0.1) is 11.4 Å². The van der Waals surface area contributed by atoms with E-state index in [9.17, 15) is 19.5 Å². The summed E-state index contributed by atoms with van der Waals surface area (Å²) < 4.78 is 0. The third kappa shape index (κ3) is 4.98. The molecule has 0 radical (unpaired) electrons. The molecule has 9 nitrogen and oxygen atoms in total. The van der Waals surface area contributed by atoms with Crippen LogP contribution in [0.3, 0.4) is 0 Å². The van der Waals surface area contributed by atoms with Crippen molar-refractivity contribution >= 4 is 29.1 Å². The molecule has 0 saturated heterocycles. The standard InChI is InChI=1S/C26H25N5O4/c27-22-14-17(10-11-23(33)34)24-20(31(30-22)19-4-2-1-3-5-19)12-18(13-21(24)32)25(35)15-6-8-16(9-7-15)26(28)29/h1-9,12,14,17,30H,10-11,13,27H2,(H3,28,29)(H,33,34). The first-order valence-electron chi connectivity index (χ1n) is 11.0. The van der Waals surface area contributed by atoms with E-state index in [1.165, 1.54) is 0 Å². The normalized spacial score (nSPS) is 17.5. The molecular formula is C26H25N5O4. The minimum absolute atomic E-state index is 0.105. The molecular weight excluding hydrogens is 446 g/mol. The van der Waals surface area contributed by atoms with Gasteiger partial charge in [0.25, 0.3) is 0 Å². The van der Waals surface area contributed by atoms with Crippen LogP contribution < -0.4 is 21.9 Å². The second-order valence-electron chi connectivity index (χ2n) is 8.33. The van der Waals surface area contributed by atoms with E-state index in [1.54, 1.807) is 41.4 Å². The first-order chi connectivity index (χ1) is 16.7. The summed E-state index contributed by atoms with van der Waals surface area (Å²) in [6.45, 7) is 0. The highest BCUT2D eigenvalue weighted by molar-refractivity contribution is 6.15. The minimum atomic E-state index is -0.972. The Balaban J connectivity index is 1.80. The molecule has 0 bridgehead atoms. The van der Waals surface area contributed by atoms with Crippen LogP contribution in [-0.4, -0.2) is 28.5 Å². The van der Waals surface area contributed by atoms with Gasteiger partial charge in [0, 0.05) is 41.0 Å². The van der Waals surface area contributed by atoms with Crippen LogP contribution in [0.25, 0.3) is 0 Å². The first kappa shape index (κ1) is 23.5. The lowest BCUT2D eigenvalue weighted by molar-refractivity contribution is -0.137. The highest BCUT2D eigenvalue weighted by atomic mass is 16.4. The number of carboxylic acid groups (broad SMARTS) is 1. The maximum atomic E-state index is 13.4. The number of aliphatic carboxylic acids is 1. The number of carboxylic acids is 1. The molecule has 1 atom stereocenters. The summed E-state index contributed by atoms with van der Waals surface area (Å²) in [7, 11) is 0. The van der Waals surface area contributed by atoms with Gasteiger partial charge in [-0.3, -0.25) is 30.2 Å². The van der Waals surface area contributed by atoms with Crippen molar-refractivity contribution in [3.63, 3.8) is 0 Å². The molecule has 35 heavy (non-hydrogen) atoms. The zero-order valence-corrected chi connectivity index (χ0v) is 18.8. The van der Waals surface area contributed by atoms with Gasteiger partial charge in [-0.25, -0.2) is 0 Å². The zero-order chi connectivity index (χ0) is 25.1. The quantitative estimate of drug-likeness (QED) is 0.234. The van der Waals surface area contributed by atoms with Crippen LogP contribution in [0.1, 0.15) is 35.2 Å². The van der Waals surface area contributed by atoms with Crippen LogP contribution in [0.5, 0.6) is 0 Å². The summed E-state index contributed by atoms with van der Waals surface area (Å²) in [5, 5.41) is 18.4. The van der Waals surface area contributed by atoms with E-state index < -0.39 is 11.9 Å². The minimum Gasteiger partial charge on any atom is -0.481 e. The van der Waals surface area contributed by atoms with E-state index in [1.807, 2.05) is 30.3 Å². The average Bonchev–Trinajstić information content (AvgIpc) is 2.99. The number of hydrazine groups is 1. The fraction of sp³-hybridized carbons (Fsp3) is 0.154. The maximum Gasteiger partial charge on any atom is 0.303 e. The van der Waals surface area contributed by atoms with Gasteiger partial charge in [0.15, 0.2) is 11.6 Å². The van der Waals surface area contributed by atoms with Gasteiger partial charge < -0.3 is 16.6 Å². The summed E-state index contributed by atoms with van der Waals surface area (Å²) in [5.41, 5.74) is 17.5. The SMILES string of the molecule is N=C(N)c1ccc(C(=O)C2=CC3=C(C(=O)C2)C(CCC(=O)O)C=C(N)NN3c2ccccc2)cc1. The molecule has 7 N–H and O–H groups in total. The fourth-order valence-electron chi connectivity index (χ4n) is 4.23. The Labute approximate surface area is 201 Å². The summed E-state index contributed by atoms with van der Waals surface area (Å²) in [4.78, 5) is 38.0. The van der Waals surface area contributed by atoms with E-state index in [0.29, 0.717) is 33.7 Å². The smallest absolute Gasteiger partial charge is 0.303 e. The molecule has 0 saturated carbocycles. The lowest BCUT2D eigenvalue weighted by atomic mass is 9.82. The number of allylic oxidation sites excluding steroid dienone is 4. The second kappa shape index (κ2) is 9.68. The molecule has 1 unspecified atom stereocenters. The molecule has 1 aliphatic carbocycles. The molecule has 0 fully saturated rings. The van der Waals surface area contributed by atoms with Crippen LogP contribution in [0, 0.1) is 11.3 Å². The van der Waals surface area contributed by atoms with Crippen LogP contribution in [-0.2, 0) is 9.59 Å². The van der Waals surface area contributed by atoms with E-state index in [-0.39, 0.29) is 42.5 Å². The predicted octanol–water partition coefficient (Wildman–Crippen LogP) is 2.61. The Hall–Kier alpha value is -4.66. The zero-order valence-electron chi connectivity index (χ0n) is 18.8. The van der Waals surface area contributed by atoms with Crippen molar-refractivity contribution in [3.8, 4) is 0 Å². The van der Waals surface area contributed by atoms with E-state index in [2.05, 4.69) is 5.43 Å². The number of nitrogens with two attached hydrogens (primary N) is 2. The van der Waals surface area contributed by atoms with Gasteiger partial charge in [0.2, 0.25) is 0 Å². The number of hydrogen-bond donors (Lipinski definition) is 5. The van der Waals surface area contributed by atoms with Crippen LogP contribution in [0.15, 0.2) is 89.4 Å². The number of carbonyl (C=O) groups is 3. The monoisotopic (exact) mass is 471 g/mol. The number of ketones is 2. The molecule has 2 aromatic rings. The van der Waals surface area contributed by atoms with Gasteiger partial charge in [-0.2, -0.15) is 0 Å². The van der Waals surface area contributed by atoms with Gasteiger partial charge in [-0.05, 0) is 30.7 Å². The molecule has 1 aliphatic heterocycles. The molecule has 0 aromatic heterocycles. The summed E-state index contributed by atoms with van der Waals surface area (Å²) in [6, 6.07) is 15.5. The van der Waals surface area contributed by atoms with Crippen molar-refractivity contribution in [2.45, 2.75) is 19.3 Å². The summed E-state index contributed by atoms with van der Waals surface area (Å²) in [5.74, 6) is -1.92. The molecule has 9 heteroatoms. The van der Waals surface area contributed by atoms with Crippen molar-refractivity contribution in [1.29, 1.82) is 5.41 Å². The Kier molecular flexibility index (Phi) is 6.50. The largest absolute Gasteiger partial charge is 0.481 e. The van der Waals surface area contributed by atoms with Crippen LogP contribution in [0.4, 0.5) is 5.69 Å². The van der Waals surface area contributed by atoms with Crippen LogP contribution >= 0.6 is 0 Å². The Morgan fingerprint density at radius 1 is 1.09 bits per heavy atom. The summed E-state index contributed by atoms with van der Waals surface area (Å²) in [6.07, 6.45) is 3.25. The number of benzene rings is 2. The number of nitrogen functional groups attached to an aromatic ring is 1. The third-order valence-electron chi connectivity index (χ3n) is 5.91. The number of Topliss-reactive ketones (excluding diaryl/α,β-unsaturated/α-hetero) is 2. The van der Waals surface area contributed by atoms with E-state index in [4.69, 9.17) is 16.9 Å². The number of para-hydroxylation sites is 1. The molecule has 2 aliphatic rings. The lowest BCUT2D eigenvalue weighted by Gasteiger charge is -2.30.